The van der Waals surface area contributed by atoms with Crippen LogP contribution >= 0.6 is 0 Å². The molecular formula is C30H32N2O4. The average Bonchev–Trinajstić information content (AvgIpc) is 3.55. The monoisotopic (exact) mass is 484 g/mol. The lowest BCUT2D eigenvalue weighted by atomic mass is 9.98. The molecular weight excluding hydrogens is 452 g/mol. The number of carbonyl (C=O) groups is 1. The molecule has 0 amide bonds. The topological polar surface area (TPSA) is 73.6 Å². The molecule has 0 saturated heterocycles. The van der Waals surface area contributed by atoms with Gasteiger partial charge in [-0.15, -0.1) is 0 Å². The van der Waals surface area contributed by atoms with E-state index in [0.29, 0.717) is 12.6 Å². The van der Waals surface area contributed by atoms with Crippen molar-refractivity contribution in [3.63, 3.8) is 0 Å². The molecule has 0 radical (unpaired) electrons. The van der Waals surface area contributed by atoms with Crippen LogP contribution in [0.15, 0.2) is 66.7 Å². The molecule has 1 atom stereocenters. The Balaban J connectivity index is 1.39. The fraction of sp³-hybridized carbons (Fsp3) is 0.333. The molecule has 0 spiro atoms. The summed E-state index contributed by atoms with van der Waals surface area (Å²) in [6.45, 7) is 2.38. The summed E-state index contributed by atoms with van der Waals surface area (Å²) >= 11 is 0. The highest BCUT2D eigenvalue weighted by molar-refractivity contribution is 5.94. The molecule has 0 aliphatic heterocycles. The Morgan fingerprint density at radius 2 is 1.72 bits per heavy atom. The summed E-state index contributed by atoms with van der Waals surface area (Å²) in [5.41, 5.74) is 5.31. The van der Waals surface area contributed by atoms with Crippen molar-refractivity contribution in [1.82, 2.24) is 9.78 Å². The van der Waals surface area contributed by atoms with Crippen molar-refractivity contribution in [3.8, 4) is 22.8 Å². The number of carboxylic acids is 1. The molecule has 1 N–H and O–H groups in total. The number of fused-ring (bicyclic) bond motifs is 1. The number of benzene rings is 3. The van der Waals surface area contributed by atoms with Crippen LogP contribution in [0.5, 0.6) is 11.5 Å². The molecule has 1 aromatic heterocycles. The minimum Gasteiger partial charge on any atom is -0.497 e. The van der Waals surface area contributed by atoms with E-state index in [2.05, 4.69) is 35.0 Å². The Kier molecular flexibility index (Phi) is 6.94. The van der Waals surface area contributed by atoms with Crippen molar-refractivity contribution in [2.75, 3.05) is 7.11 Å². The number of methoxy groups -OCH3 is 1. The summed E-state index contributed by atoms with van der Waals surface area (Å²) in [5, 5.41) is 15.3. The molecule has 0 bridgehead atoms. The molecule has 1 unspecified atom stereocenters. The van der Waals surface area contributed by atoms with E-state index in [1.807, 2.05) is 43.3 Å². The molecule has 1 saturated carbocycles. The van der Waals surface area contributed by atoms with Gasteiger partial charge in [-0.25, -0.2) is 0 Å². The van der Waals surface area contributed by atoms with E-state index in [9.17, 15) is 4.79 Å². The average molecular weight is 485 g/mol. The van der Waals surface area contributed by atoms with Gasteiger partial charge in [0.2, 0.25) is 0 Å². The number of hydrogen-bond donors (Lipinski definition) is 1. The summed E-state index contributed by atoms with van der Waals surface area (Å²) < 4.78 is 13.6. The first-order chi connectivity index (χ1) is 17.5. The SMILES string of the molecule is COc1ccc(-c2nn(C3CCCC3)c3cc(COc4ccc(C(C)CC(=O)O)cc4)ccc23)cc1. The van der Waals surface area contributed by atoms with E-state index in [1.165, 1.54) is 12.8 Å². The van der Waals surface area contributed by atoms with E-state index < -0.39 is 5.97 Å². The van der Waals surface area contributed by atoms with Gasteiger partial charge < -0.3 is 14.6 Å². The third-order valence-electron chi connectivity index (χ3n) is 7.14. The van der Waals surface area contributed by atoms with Crippen LogP contribution in [-0.2, 0) is 11.4 Å². The van der Waals surface area contributed by atoms with E-state index in [0.717, 1.165) is 57.6 Å². The van der Waals surface area contributed by atoms with Crippen LogP contribution < -0.4 is 9.47 Å². The first kappa shape index (κ1) is 23.9. The minimum absolute atomic E-state index is 0.0327. The van der Waals surface area contributed by atoms with Crippen LogP contribution in [-0.4, -0.2) is 28.0 Å². The molecule has 186 valence electrons. The molecule has 3 aromatic carbocycles. The predicted molar refractivity (Wildman–Crippen MR) is 141 cm³/mol. The van der Waals surface area contributed by atoms with Crippen molar-refractivity contribution in [2.24, 2.45) is 0 Å². The normalized spacial score (nSPS) is 14.7. The number of rotatable bonds is 9. The number of aliphatic carboxylic acids is 1. The van der Waals surface area contributed by atoms with Crippen LogP contribution in [0.4, 0.5) is 0 Å². The van der Waals surface area contributed by atoms with Crippen LogP contribution in [0, 0.1) is 0 Å². The largest absolute Gasteiger partial charge is 0.497 e. The second kappa shape index (κ2) is 10.4. The van der Waals surface area contributed by atoms with Gasteiger partial charge in [-0.3, -0.25) is 9.48 Å². The Morgan fingerprint density at radius 1 is 1.03 bits per heavy atom. The zero-order valence-corrected chi connectivity index (χ0v) is 20.8. The Labute approximate surface area is 211 Å². The van der Waals surface area contributed by atoms with Gasteiger partial charge in [0.25, 0.3) is 0 Å². The van der Waals surface area contributed by atoms with Crippen LogP contribution in [0.1, 0.15) is 62.1 Å². The molecule has 5 rings (SSSR count). The predicted octanol–water partition coefficient (Wildman–Crippen LogP) is 6.98. The summed E-state index contributed by atoms with van der Waals surface area (Å²) in [5.74, 6) is 0.784. The van der Waals surface area contributed by atoms with Gasteiger partial charge in [-0.2, -0.15) is 5.10 Å². The van der Waals surface area contributed by atoms with Crippen molar-refractivity contribution in [3.05, 3.63) is 77.9 Å². The highest BCUT2D eigenvalue weighted by Gasteiger charge is 2.22. The van der Waals surface area contributed by atoms with Crippen LogP contribution in [0.25, 0.3) is 22.2 Å². The standard InChI is InChI=1S/C30H32N2O4/c1-20(17-29(33)34)22-8-14-26(15-9-22)36-19-21-7-16-27-28(18-21)32(24-5-3-4-6-24)31-30(27)23-10-12-25(35-2)13-11-23/h7-16,18,20,24H,3-6,17,19H2,1-2H3,(H,33,34). The molecule has 4 aromatic rings. The van der Waals surface area contributed by atoms with E-state index >= 15 is 0 Å². The molecule has 1 heterocycles. The Morgan fingerprint density at radius 3 is 2.39 bits per heavy atom. The van der Waals surface area contributed by atoms with Crippen LogP contribution in [0.2, 0.25) is 0 Å². The van der Waals surface area contributed by atoms with Crippen molar-refractivity contribution < 1.29 is 19.4 Å². The molecule has 1 fully saturated rings. The molecule has 1 aliphatic rings. The van der Waals surface area contributed by atoms with Gasteiger partial charge in [-0.1, -0.05) is 44.0 Å². The first-order valence-electron chi connectivity index (χ1n) is 12.6. The number of hydrogen-bond acceptors (Lipinski definition) is 4. The molecule has 6 nitrogen and oxygen atoms in total. The highest BCUT2D eigenvalue weighted by atomic mass is 16.5. The first-order valence-corrected chi connectivity index (χ1v) is 12.6. The van der Waals surface area contributed by atoms with Gasteiger partial charge in [0.1, 0.15) is 23.8 Å². The minimum atomic E-state index is -0.787. The summed E-state index contributed by atoms with van der Waals surface area (Å²) in [7, 11) is 1.68. The summed E-state index contributed by atoms with van der Waals surface area (Å²) in [6, 6.07) is 22.7. The third-order valence-corrected chi connectivity index (χ3v) is 7.14. The number of nitrogens with zero attached hydrogens (tertiary/aromatic N) is 2. The van der Waals surface area contributed by atoms with Gasteiger partial charge in [0.05, 0.1) is 25.1 Å². The fourth-order valence-corrected chi connectivity index (χ4v) is 5.10. The Bertz CT molecular complexity index is 1340. The van der Waals surface area contributed by atoms with Crippen molar-refractivity contribution in [1.29, 1.82) is 0 Å². The molecule has 6 heteroatoms. The quantitative estimate of drug-likeness (QED) is 0.277. The maximum atomic E-state index is 11.0. The van der Waals surface area contributed by atoms with Crippen LogP contribution in [0.3, 0.4) is 0 Å². The summed E-state index contributed by atoms with van der Waals surface area (Å²) in [4.78, 5) is 11.0. The fourth-order valence-electron chi connectivity index (χ4n) is 5.10. The third kappa shape index (κ3) is 5.08. The van der Waals surface area contributed by atoms with E-state index in [4.69, 9.17) is 19.7 Å². The number of aromatic nitrogens is 2. The second-order valence-corrected chi connectivity index (χ2v) is 9.67. The van der Waals surface area contributed by atoms with Gasteiger partial charge >= 0.3 is 5.97 Å². The van der Waals surface area contributed by atoms with Crippen molar-refractivity contribution >= 4 is 16.9 Å². The van der Waals surface area contributed by atoms with E-state index in [-0.39, 0.29) is 12.3 Å². The lowest BCUT2D eigenvalue weighted by Crippen LogP contribution is -2.06. The van der Waals surface area contributed by atoms with Gasteiger partial charge in [0.15, 0.2) is 0 Å². The number of ether oxygens (including phenoxy) is 2. The highest BCUT2D eigenvalue weighted by Crippen LogP contribution is 2.36. The maximum Gasteiger partial charge on any atom is 0.303 e. The zero-order chi connectivity index (χ0) is 25.1. The van der Waals surface area contributed by atoms with Gasteiger partial charge in [0, 0.05) is 10.9 Å². The van der Waals surface area contributed by atoms with Crippen molar-refractivity contribution in [2.45, 2.75) is 57.6 Å². The number of carboxylic acid groups (broad SMARTS) is 1. The maximum absolute atomic E-state index is 11.0. The lowest BCUT2D eigenvalue weighted by Gasteiger charge is -2.13. The van der Waals surface area contributed by atoms with E-state index in [1.54, 1.807) is 7.11 Å². The lowest BCUT2D eigenvalue weighted by molar-refractivity contribution is -0.137. The van der Waals surface area contributed by atoms with Gasteiger partial charge in [-0.05, 0) is 72.4 Å². The molecule has 1 aliphatic carbocycles. The Hall–Kier alpha value is -3.80. The smallest absolute Gasteiger partial charge is 0.303 e. The molecule has 36 heavy (non-hydrogen) atoms. The zero-order valence-electron chi connectivity index (χ0n) is 20.8. The second-order valence-electron chi connectivity index (χ2n) is 9.67. The summed E-state index contributed by atoms with van der Waals surface area (Å²) in [6.07, 6.45) is 4.92.